The molecule has 0 aliphatic carbocycles. The first-order valence-electron chi connectivity index (χ1n) is 7.42. The second-order valence-electron chi connectivity index (χ2n) is 5.66. The topological polar surface area (TPSA) is 32.7 Å². The first kappa shape index (κ1) is 15.6. The van der Waals surface area contributed by atoms with Crippen molar-refractivity contribution in [1.29, 1.82) is 0 Å². The van der Waals surface area contributed by atoms with E-state index in [4.69, 9.17) is 4.74 Å². The van der Waals surface area contributed by atoms with Crippen molar-refractivity contribution in [3.8, 4) is 11.5 Å². The van der Waals surface area contributed by atoms with E-state index in [1.54, 1.807) is 0 Å². The highest BCUT2D eigenvalue weighted by Gasteiger charge is 2.25. The van der Waals surface area contributed by atoms with E-state index in [1.807, 2.05) is 19.1 Å². The van der Waals surface area contributed by atoms with Crippen molar-refractivity contribution in [2.24, 2.45) is 0 Å². The van der Waals surface area contributed by atoms with Gasteiger partial charge >= 0.3 is 0 Å². The largest absolute Gasteiger partial charge is 0.503 e. The number of phenols is 1. The van der Waals surface area contributed by atoms with Crippen LogP contribution in [0.1, 0.15) is 45.6 Å². The van der Waals surface area contributed by atoms with Gasteiger partial charge in [-0.05, 0) is 67.2 Å². The molecule has 1 N–H and O–H groups in total. The van der Waals surface area contributed by atoms with Crippen molar-refractivity contribution in [1.82, 2.24) is 4.90 Å². The van der Waals surface area contributed by atoms with Crippen LogP contribution < -0.4 is 4.74 Å². The van der Waals surface area contributed by atoms with Crippen LogP contribution in [0, 0.1) is 0 Å². The van der Waals surface area contributed by atoms with Gasteiger partial charge in [0, 0.05) is 18.6 Å². The summed E-state index contributed by atoms with van der Waals surface area (Å²) in [6.45, 7) is 7.99. The number of hydrogen-bond donors (Lipinski definition) is 1. The molecule has 2 rings (SSSR count). The molecular formula is C16H24BrNO2. The zero-order valence-electron chi connectivity index (χ0n) is 12.5. The summed E-state index contributed by atoms with van der Waals surface area (Å²) in [5.41, 5.74) is 1.18. The molecule has 1 heterocycles. The number of ether oxygens (including phenoxy) is 1. The minimum absolute atomic E-state index is 0.190. The van der Waals surface area contributed by atoms with Crippen LogP contribution in [-0.2, 0) is 6.54 Å². The van der Waals surface area contributed by atoms with Crippen molar-refractivity contribution in [3.63, 3.8) is 0 Å². The Labute approximate surface area is 130 Å². The highest BCUT2D eigenvalue weighted by Crippen LogP contribution is 2.36. The number of aromatic hydroxyl groups is 1. The van der Waals surface area contributed by atoms with Gasteiger partial charge < -0.3 is 9.84 Å². The molecule has 0 spiro atoms. The Balaban J connectivity index is 2.20. The zero-order chi connectivity index (χ0) is 14.7. The van der Waals surface area contributed by atoms with E-state index in [0.717, 1.165) is 6.54 Å². The van der Waals surface area contributed by atoms with Crippen molar-refractivity contribution in [2.75, 3.05) is 6.61 Å². The Morgan fingerprint density at radius 1 is 1.30 bits per heavy atom. The number of likely N-dealkylation sites (tertiary alicyclic amines) is 1. The average molecular weight is 342 g/mol. The number of phenolic OH excluding ortho intramolecular Hbond substituents is 1. The van der Waals surface area contributed by atoms with Gasteiger partial charge in [0.05, 0.1) is 11.1 Å². The second kappa shape index (κ2) is 6.81. The van der Waals surface area contributed by atoms with Gasteiger partial charge in [0.15, 0.2) is 11.5 Å². The van der Waals surface area contributed by atoms with Gasteiger partial charge in [-0.2, -0.15) is 0 Å². The predicted molar refractivity (Wildman–Crippen MR) is 85.3 cm³/mol. The number of rotatable bonds is 4. The molecule has 1 fully saturated rings. The third-order valence-electron chi connectivity index (χ3n) is 4.13. The summed E-state index contributed by atoms with van der Waals surface area (Å²) in [6, 6.07) is 5.17. The molecule has 1 aromatic rings. The summed E-state index contributed by atoms with van der Waals surface area (Å²) in [5, 5.41) is 9.98. The third-order valence-corrected chi connectivity index (χ3v) is 4.73. The van der Waals surface area contributed by atoms with E-state index in [-0.39, 0.29) is 5.75 Å². The van der Waals surface area contributed by atoms with E-state index in [9.17, 15) is 5.11 Å². The summed E-state index contributed by atoms with van der Waals surface area (Å²) >= 11 is 3.41. The predicted octanol–water partition coefficient (Wildman–Crippen LogP) is 4.32. The first-order valence-corrected chi connectivity index (χ1v) is 8.22. The van der Waals surface area contributed by atoms with Gasteiger partial charge in [-0.1, -0.05) is 6.42 Å². The van der Waals surface area contributed by atoms with Gasteiger partial charge in [-0.3, -0.25) is 4.90 Å². The molecule has 0 saturated carbocycles. The van der Waals surface area contributed by atoms with Gasteiger partial charge in [-0.25, -0.2) is 0 Å². The summed E-state index contributed by atoms with van der Waals surface area (Å²) < 4.78 is 6.21. The molecule has 0 amide bonds. The molecule has 3 nitrogen and oxygen atoms in total. The molecule has 2 atom stereocenters. The second-order valence-corrected chi connectivity index (χ2v) is 6.51. The number of benzene rings is 1. The Bertz CT molecular complexity index is 454. The molecule has 0 radical (unpaired) electrons. The lowest BCUT2D eigenvalue weighted by Crippen LogP contribution is -2.42. The van der Waals surface area contributed by atoms with E-state index in [0.29, 0.717) is 28.9 Å². The lowest BCUT2D eigenvalue weighted by molar-refractivity contribution is 0.0951. The fourth-order valence-electron chi connectivity index (χ4n) is 2.98. The number of nitrogens with zero attached hydrogens (tertiary/aromatic N) is 1. The van der Waals surface area contributed by atoms with E-state index in [2.05, 4.69) is 34.7 Å². The minimum Gasteiger partial charge on any atom is -0.503 e. The number of halogens is 1. The van der Waals surface area contributed by atoms with Crippen molar-refractivity contribution >= 4 is 15.9 Å². The quantitative estimate of drug-likeness (QED) is 0.885. The van der Waals surface area contributed by atoms with Crippen LogP contribution in [0.5, 0.6) is 11.5 Å². The minimum atomic E-state index is 0.190. The van der Waals surface area contributed by atoms with E-state index >= 15 is 0 Å². The molecule has 1 aliphatic heterocycles. The van der Waals surface area contributed by atoms with Gasteiger partial charge in [-0.15, -0.1) is 0 Å². The van der Waals surface area contributed by atoms with Crippen LogP contribution in [0.2, 0.25) is 0 Å². The summed E-state index contributed by atoms with van der Waals surface area (Å²) in [4.78, 5) is 2.54. The van der Waals surface area contributed by atoms with Crippen LogP contribution in [0.4, 0.5) is 0 Å². The smallest absolute Gasteiger partial charge is 0.172 e. The number of piperidine rings is 1. The summed E-state index contributed by atoms with van der Waals surface area (Å²) in [6.07, 6.45) is 3.85. The SMILES string of the molecule is CCOc1cc(CN2[C@H](C)CCC[C@@H]2C)cc(Br)c1O. The maximum atomic E-state index is 9.98. The zero-order valence-corrected chi connectivity index (χ0v) is 14.1. The molecule has 0 bridgehead atoms. The molecule has 0 unspecified atom stereocenters. The average Bonchev–Trinajstić information content (AvgIpc) is 2.40. The molecule has 1 aromatic carbocycles. The van der Waals surface area contributed by atoms with Crippen LogP contribution >= 0.6 is 15.9 Å². The molecule has 112 valence electrons. The van der Waals surface area contributed by atoms with Gasteiger partial charge in [0.2, 0.25) is 0 Å². The monoisotopic (exact) mass is 341 g/mol. The molecule has 1 aliphatic rings. The van der Waals surface area contributed by atoms with Crippen LogP contribution in [0.25, 0.3) is 0 Å². The van der Waals surface area contributed by atoms with Gasteiger partial charge in [0.1, 0.15) is 0 Å². The van der Waals surface area contributed by atoms with Crippen molar-refractivity contribution < 1.29 is 9.84 Å². The van der Waals surface area contributed by atoms with E-state index in [1.165, 1.54) is 24.8 Å². The lowest BCUT2D eigenvalue weighted by atomic mass is 9.96. The van der Waals surface area contributed by atoms with Gasteiger partial charge in [0.25, 0.3) is 0 Å². The fraction of sp³-hybridized carbons (Fsp3) is 0.625. The molecule has 1 saturated heterocycles. The molecule has 0 aromatic heterocycles. The van der Waals surface area contributed by atoms with Crippen molar-refractivity contribution in [3.05, 3.63) is 22.2 Å². The maximum Gasteiger partial charge on any atom is 0.172 e. The maximum absolute atomic E-state index is 9.98. The molecule has 4 heteroatoms. The Morgan fingerprint density at radius 3 is 2.55 bits per heavy atom. The summed E-state index contributed by atoms with van der Waals surface area (Å²) in [5.74, 6) is 0.754. The highest BCUT2D eigenvalue weighted by molar-refractivity contribution is 9.10. The normalized spacial score (nSPS) is 23.8. The molecular weight excluding hydrogens is 318 g/mol. The fourth-order valence-corrected chi connectivity index (χ4v) is 3.47. The lowest BCUT2D eigenvalue weighted by Gasteiger charge is -2.39. The Morgan fingerprint density at radius 2 is 1.95 bits per heavy atom. The Hall–Kier alpha value is -0.740. The van der Waals surface area contributed by atoms with E-state index < -0.39 is 0 Å². The summed E-state index contributed by atoms with van der Waals surface area (Å²) in [7, 11) is 0. The molecule has 20 heavy (non-hydrogen) atoms. The first-order chi connectivity index (χ1) is 9.52. The van der Waals surface area contributed by atoms with Crippen molar-refractivity contribution in [2.45, 2.75) is 58.7 Å². The Kier molecular flexibility index (Phi) is 5.33. The third kappa shape index (κ3) is 3.47. The van der Waals surface area contributed by atoms with Crippen LogP contribution in [-0.4, -0.2) is 28.7 Å². The van der Waals surface area contributed by atoms with Crippen LogP contribution in [0.15, 0.2) is 16.6 Å². The highest BCUT2D eigenvalue weighted by atomic mass is 79.9. The standard InChI is InChI=1S/C16H24BrNO2/c1-4-20-15-9-13(8-14(17)16(15)19)10-18-11(2)6-5-7-12(18)3/h8-9,11-12,19H,4-7,10H2,1-3H3/t11-,12+. The van der Waals surface area contributed by atoms with Crippen LogP contribution in [0.3, 0.4) is 0 Å². The number of hydrogen-bond acceptors (Lipinski definition) is 3.